The highest BCUT2D eigenvalue weighted by atomic mass is 19.1. The summed E-state index contributed by atoms with van der Waals surface area (Å²) in [5, 5.41) is 3.18. The first-order valence-corrected chi connectivity index (χ1v) is 8.22. The van der Waals surface area contributed by atoms with Crippen molar-refractivity contribution >= 4 is 5.91 Å². The molecule has 0 aliphatic heterocycles. The third-order valence-corrected chi connectivity index (χ3v) is 4.60. The van der Waals surface area contributed by atoms with Crippen LogP contribution in [-0.4, -0.2) is 5.91 Å². The van der Waals surface area contributed by atoms with Crippen molar-refractivity contribution in [2.75, 3.05) is 0 Å². The van der Waals surface area contributed by atoms with Crippen LogP contribution in [0, 0.1) is 17.7 Å². The molecule has 2 nitrogen and oxygen atoms in total. The topological polar surface area (TPSA) is 29.1 Å². The van der Waals surface area contributed by atoms with Crippen molar-refractivity contribution in [1.29, 1.82) is 0 Å². The molecule has 0 saturated heterocycles. The summed E-state index contributed by atoms with van der Waals surface area (Å²) in [6.45, 7) is 2.22. The molecule has 3 unspecified atom stereocenters. The molecule has 0 radical (unpaired) electrons. The van der Waals surface area contributed by atoms with Crippen LogP contribution in [0.4, 0.5) is 4.39 Å². The zero-order valence-electron chi connectivity index (χ0n) is 13.3. The second-order valence-corrected chi connectivity index (χ2v) is 6.46. The van der Waals surface area contributed by atoms with Gasteiger partial charge >= 0.3 is 0 Å². The molecular weight excluding hydrogens is 289 g/mol. The average Bonchev–Trinajstić information content (AvgIpc) is 3.28. The van der Waals surface area contributed by atoms with Crippen LogP contribution in [-0.2, 0) is 11.2 Å². The molecular formula is C20H22FNO. The predicted molar refractivity (Wildman–Crippen MR) is 89.3 cm³/mol. The molecule has 1 fully saturated rings. The van der Waals surface area contributed by atoms with Gasteiger partial charge in [-0.05, 0) is 47.9 Å². The normalized spacial score (nSPS) is 20.8. The SMILES string of the molecule is CC1CC1C(NC(=O)CCc1cccc(F)c1)c1ccccc1. The summed E-state index contributed by atoms with van der Waals surface area (Å²) < 4.78 is 13.2. The molecule has 3 heteroatoms. The quantitative estimate of drug-likeness (QED) is 0.848. The Kier molecular flexibility index (Phi) is 4.75. The Balaban J connectivity index is 1.60. The van der Waals surface area contributed by atoms with E-state index in [0.717, 1.165) is 12.0 Å². The molecule has 1 aliphatic carbocycles. The van der Waals surface area contributed by atoms with Crippen molar-refractivity contribution in [1.82, 2.24) is 5.32 Å². The molecule has 1 aliphatic rings. The lowest BCUT2D eigenvalue weighted by atomic mass is 10.0. The number of halogens is 1. The standard InChI is InChI=1S/C20H22FNO/c1-14-12-18(14)20(16-7-3-2-4-8-16)22-19(23)11-10-15-6-5-9-17(21)13-15/h2-9,13-14,18,20H,10-12H2,1H3,(H,22,23). The number of hydrogen-bond donors (Lipinski definition) is 1. The van der Waals surface area contributed by atoms with E-state index in [2.05, 4.69) is 24.4 Å². The fourth-order valence-electron chi connectivity index (χ4n) is 3.11. The minimum absolute atomic E-state index is 0.0298. The van der Waals surface area contributed by atoms with E-state index >= 15 is 0 Å². The van der Waals surface area contributed by atoms with E-state index in [-0.39, 0.29) is 17.8 Å². The first-order valence-electron chi connectivity index (χ1n) is 8.22. The molecule has 1 N–H and O–H groups in total. The molecule has 120 valence electrons. The first kappa shape index (κ1) is 15.7. The van der Waals surface area contributed by atoms with Gasteiger partial charge in [0.05, 0.1) is 6.04 Å². The Morgan fingerprint density at radius 1 is 1.22 bits per heavy atom. The van der Waals surface area contributed by atoms with Crippen molar-refractivity contribution in [3.63, 3.8) is 0 Å². The number of carbonyl (C=O) groups is 1. The molecule has 3 atom stereocenters. The molecule has 0 heterocycles. The number of carbonyl (C=O) groups excluding carboxylic acids is 1. The largest absolute Gasteiger partial charge is 0.349 e. The van der Waals surface area contributed by atoms with Crippen molar-refractivity contribution < 1.29 is 9.18 Å². The van der Waals surface area contributed by atoms with Crippen molar-refractivity contribution in [2.24, 2.45) is 11.8 Å². The summed E-state index contributed by atoms with van der Waals surface area (Å²) in [6.07, 6.45) is 2.10. The summed E-state index contributed by atoms with van der Waals surface area (Å²) in [7, 11) is 0. The summed E-state index contributed by atoms with van der Waals surface area (Å²) in [5.74, 6) is 0.957. The summed E-state index contributed by atoms with van der Waals surface area (Å²) in [4.78, 5) is 12.3. The highest BCUT2D eigenvalue weighted by molar-refractivity contribution is 5.76. The van der Waals surface area contributed by atoms with Gasteiger partial charge in [-0.25, -0.2) is 4.39 Å². The first-order chi connectivity index (χ1) is 11.1. The zero-order valence-corrected chi connectivity index (χ0v) is 13.3. The second-order valence-electron chi connectivity index (χ2n) is 6.46. The van der Waals surface area contributed by atoms with Crippen LogP contribution in [0.5, 0.6) is 0 Å². The third-order valence-electron chi connectivity index (χ3n) is 4.60. The molecule has 3 rings (SSSR count). The van der Waals surface area contributed by atoms with E-state index in [4.69, 9.17) is 0 Å². The van der Waals surface area contributed by atoms with Gasteiger partial charge in [0.15, 0.2) is 0 Å². The fraction of sp³-hybridized carbons (Fsp3) is 0.350. The van der Waals surface area contributed by atoms with Crippen molar-refractivity contribution in [3.05, 3.63) is 71.5 Å². The predicted octanol–water partition coefficient (Wildman–Crippen LogP) is 4.27. The molecule has 0 spiro atoms. The molecule has 0 bridgehead atoms. The van der Waals surface area contributed by atoms with Crippen molar-refractivity contribution in [2.45, 2.75) is 32.2 Å². The maximum atomic E-state index is 13.2. The Labute approximate surface area is 136 Å². The van der Waals surface area contributed by atoms with Gasteiger partial charge in [-0.15, -0.1) is 0 Å². The lowest BCUT2D eigenvalue weighted by molar-refractivity contribution is -0.122. The highest BCUT2D eigenvalue weighted by Crippen LogP contribution is 2.46. The van der Waals surface area contributed by atoms with Gasteiger partial charge in [0, 0.05) is 6.42 Å². The van der Waals surface area contributed by atoms with Crippen molar-refractivity contribution in [3.8, 4) is 0 Å². The van der Waals surface area contributed by atoms with Gasteiger partial charge < -0.3 is 5.32 Å². The number of hydrogen-bond acceptors (Lipinski definition) is 1. The highest BCUT2D eigenvalue weighted by Gasteiger charge is 2.40. The number of nitrogens with one attached hydrogen (secondary N) is 1. The number of amides is 1. The molecule has 0 aromatic heterocycles. The smallest absolute Gasteiger partial charge is 0.220 e. The van der Waals surface area contributed by atoms with Crippen LogP contribution in [0.3, 0.4) is 0 Å². The molecule has 2 aromatic carbocycles. The Morgan fingerprint density at radius 3 is 2.61 bits per heavy atom. The molecule has 23 heavy (non-hydrogen) atoms. The third kappa shape index (κ3) is 4.19. The van der Waals surface area contributed by atoms with Crippen LogP contribution in [0.25, 0.3) is 0 Å². The minimum atomic E-state index is -0.253. The Hall–Kier alpha value is -2.16. The molecule has 2 aromatic rings. The van der Waals surface area contributed by atoms with Gasteiger partial charge in [0.25, 0.3) is 0 Å². The van der Waals surface area contributed by atoms with Gasteiger partial charge in [-0.1, -0.05) is 49.4 Å². The average molecular weight is 311 g/mol. The second kappa shape index (κ2) is 6.95. The van der Waals surface area contributed by atoms with E-state index in [9.17, 15) is 9.18 Å². The van der Waals surface area contributed by atoms with Crippen LogP contribution >= 0.6 is 0 Å². The van der Waals surface area contributed by atoms with Gasteiger partial charge in [0.2, 0.25) is 5.91 Å². The van der Waals surface area contributed by atoms with E-state index in [1.165, 1.54) is 17.7 Å². The van der Waals surface area contributed by atoms with E-state index in [1.807, 2.05) is 24.3 Å². The minimum Gasteiger partial charge on any atom is -0.349 e. The van der Waals surface area contributed by atoms with Crippen LogP contribution < -0.4 is 5.32 Å². The van der Waals surface area contributed by atoms with Gasteiger partial charge in [-0.2, -0.15) is 0 Å². The number of benzene rings is 2. The van der Waals surface area contributed by atoms with E-state index < -0.39 is 0 Å². The molecule has 1 saturated carbocycles. The maximum absolute atomic E-state index is 13.2. The van der Waals surface area contributed by atoms with Gasteiger partial charge in [-0.3, -0.25) is 4.79 Å². The van der Waals surface area contributed by atoms with E-state index in [1.54, 1.807) is 6.07 Å². The Bertz CT molecular complexity index is 670. The van der Waals surface area contributed by atoms with Gasteiger partial charge in [0.1, 0.15) is 5.82 Å². The monoisotopic (exact) mass is 311 g/mol. The zero-order chi connectivity index (χ0) is 16.2. The van der Waals surface area contributed by atoms with E-state index in [0.29, 0.717) is 24.7 Å². The summed E-state index contributed by atoms with van der Waals surface area (Å²) in [5.41, 5.74) is 2.03. The van der Waals surface area contributed by atoms with Crippen LogP contribution in [0.1, 0.15) is 36.9 Å². The number of aryl methyl sites for hydroxylation is 1. The lowest BCUT2D eigenvalue weighted by Crippen LogP contribution is -2.30. The lowest BCUT2D eigenvalue weighted by Gasteiger charge is -2.19. The number of rotatable bonds is 6. The fourth-order valence-corrected chi connectivity index (χ4v) is 3.11. The summed E-state index contributed by atoms with van der Waals surface area (Å²) in [6, 6.07) is 16.7. The Morgan fingerprint density at radius 2 is 1.96 bits per heavy atom. The van der Waals surface area contributed by atoms with Crippen LogP contribution in [0.15, 0.2) is 54.6 Å². The maximum Gasteiger partial charge on any atom is 0.220 e. The molecule has 1 amide bonds. The summed E-state index contributed by atoms with van der Waals surface area (Å²) >= 11 is 0. The van der Waals surface area contributed by atoms with Crippen LogP contribution in [0.2, 0.25) is 0 Å².